The van der Waals surface area contributed by atoms with Crippen molar-refractivity contribution < 1.29 is 19.6 Å². The summed E-state index contributed by atoms with van der Waals surface area (Å²) < 4.78 is 0. The number of anilines is 1. The summed E-state index contributed by atoms with van der Waals surface area (Å²) in [6.45, 7) is 5.37. The summed E-state index contributed by atoms with van der Waals surface area (Å²) in [5.74, 6) is -1.81. The second-order valence-electron chi connectivity index (χ2n) is 4.62. The molecule has 1 unspecified atom stereocenters. The first-order valence-corrected chi connectivity index (χ1v) is 6.47. The topological polar surface area (TPSA) is 122 Å². The van der Waals surface area contributed by atoms with Gasteiger partial charge in [-0.05, 0) is 18.6 Å². The van der Waals surface area contributed by atoms with Crippen LogP contribution in [0, 0.1) is 17.0 Å². The third-order valence-corrected chi connectivity index (χ3v) is 2.82. The number of carbonyl (C=O) groups excluding carboxylic acids is 1. The van der Waals surface area contributed by atoms with Crippen LogP contribution in [0.15, 0.2) is 30.9 Å². The Morgan fingerprint density at radius 1 is 1.50 bits per heavy atom. The van der Waals surface area contributed by atoms with Gasteiger partial charge in [0.15, 0.2) is 0 Å². The largest absolute Gasteiger partial charge is 0.480 e. The highest BCUT2D eigenvalue weighted by Crippen LogP contribution is 2.25. The molecule has 1 atom stereocenters. The Morgan fingerprint density at radius 3 is 2.73 bits per heavy atom. The van der Waals surface area contributed by atoms with Gasteiger partial charge in [0, 0.05) is 12.6 Å². The lowest BCUT2D eigenvalue weighted by Gasteiger charge is -2.13. The summed E-state index contributed by atoms with van der Waals surface area (Å²) in [6.07, 6.45) is 1.12. The van der Waals surface area contributed by atoms with Gasteiger partial charge in [-0.2, -0.15) is 0 Å². The summed E-state index contributed by atoms with van der Waals surface area (Å²) >= 11 is 0. The van der Waals surface area contributed by atoms with Crippen LogP contribution in [0.5, 0.6) is 0 Å². The Morgan fingerprint density at radius 2 is 2.18 bits per heavy atom. The zero-order chi connectivity index (χ0) is 16.7. The number of aryl methyl sites for hydroxylation is 1. The SMILES string of the molecule is C=CCNC(CC(=O)Nc1ccc(C)cc1[N+](=O)[O-])C(=O)O. The van der Waals surface area contributed by atoms with Gasteiger partial charge in [-0.15, -0.1) is 6.58 Å². The number of hydrogen-bond donors (Lipinski definition) is 3. The summed E-state index contributed by atoms with van der Waals surface area (Å²) in [6, 6.07) is 3.27. The Bertz CT molecular complexity index is 600. The van der Waals surface area contributed by atoms with E-state index in [0.717, 1.165) is 0 Å². The van der Waals surface area contributed by atoms with E-state index in [0.29, 0.717) is 5.56 Å². The molecule has 0 aliphatic heterocycles. The molecule has 0 spiro atoms. The minimum Gasteiger partial charge on any atom is -0.480 e. The van der Waals surface area contributed by atoms with E-state index in [1.807, 2.05) is 0 Å². The van der Waals surface area contributed by atoms with Gasteiger partial charge in [0.2, 0.25) is 5.91 Å². The average molecular weight is 307 g/mol. The van der Waals surface area contributed by atoms with E-state index >= 15 is 0 Å². The molecular formula is C14H17N3O5. The fourth-order valence-electron chi connectivity index (χ4n) is 1.76. The fraction of sp³-hybridized carbons (Fsp3) is 0.286. The van der Waals surface area contributed by atoms with Gasteiger partial charge in [-0.3, -0.25) is 19.7 Å². The van der Waals surface area contributed by atoms with Crippen molar-refractivity contribution in [2.75, 3.05) is 11.9 Å². The molecule has 1 amide bonds. The van der Waals surface area contributed by atoms with Gasteiger partial charge in [-0.25, -0.2) is 0 Å². The molecule has 3 N–H and O–H groups in total. The number of rotatable bonds is 8. The lowest BCUT2D eigenvalue weighted by Crippen LogP contribution is -2.39. The van der Waals surface area contributed by atoms with Crippen molar-refractivity contribution in [1.29, 1.82) is 0 Å². The van der Waals surface area contributed by atoms with E-state index in [2.05, 4.69) is 17.2 Å². The minimum atomic E-state index is -1.18. The number of hydrogen-bond acceptors (Lipinski definition) is 5. The molecule has 1 rings (SSSR count). The van der Waals surface area contributed by atoms with Crippen molar-refractivity contribution in [1.82, 2.24) is 5.32 Å². The quantitative estimate of drug-likeness (QED) is 0.380. The number of nitro groups is 1. The molecule has 1 aromatic rings. The number of aliphatic carboxylic acids is 1. The molecule has 0 aliphatic rings. The standard InChI is InChI=1S/C14H17N3O5/c1-3-6-15-11(14(19)20)8-13(18)16-10-5-4-9(2)7-12(10)17(21)22/h3-5,7,11,15H,1,6,8H2,2H3,(H,16,18)(H,19,20). The molecule has 0 heterocycles. The van der Waals surface area contributed by atoms with E-state index in [1.165, 1.54) is 18.2 Å². The van der Waals surface area contributed by atoms with E-state index in [-0.39, 0.29) is 24.3 Å². The second kappa shape index (κ2) is 7.89. The Balaban J connectivity index is 2.81. The van der Waals surface area contributed by atoms with Crippen LogP contribution in [0.2, 0.25) is 0 Å². The predicted octanol–water partition coefficient (Wildman–Crippen LogP) is 1.46. The molecule has 118 valence electrons. The van der Waals surface area contributed by atoms with Gasteiger partial charge in [-0.1, -0.05) is 12.1 Å². The van der Waals surface area contributed by atoms with Crippen LogP contribution in [0.25, 0.3) is 0 Å². The van der Waals surface area contributed by atoms with Gasteiger partial charge in [0.05, 0.1) is 11.3 Å². The molecule has 0 fully saturated rings. The molecule has 0 aromatic heterocycles. The van der Waals surface area contributed by atoms with Crippen LogP contribution < -0.4 is 10.6 Å². The predicted molar refractivity (Wildman–Crippen MR) is 80.7 cm³/mol. The molecule has 1 aromatic carbocycles. The van der Waals surface area contributed by atoms with Crippen molar-refractivity contribution in [3.05, 3.63) is 46.5 Å². The van der Waals surface area contributed by atoms with Crippen LogP contribution in [0.1, 0.15) is 12.0 Å². The first-order chi connectivity index (χ1) is 10.3. The van der Waals surface area contributed by atoms with Crippen molar-refractivity contribution >= 4 is 23.3 Å². The molecule has 22 heavy (non-hydrogen) atoms. The van der Waals surface area contributed by atoms with Crippen molar-refractivity contribution in [2.45, 2.75) is 19.4 Å². The third-order valence-electron chi connectivity index (χ3n) is 2.82. The van der Waals surface area contributed by atoms with Crippen LogP contribution in [-0.4, -0.2) is 34.5 Å². The molecular weight excluding hydrogens is 290 g/mol. The zero-order valence-corrected chi connectivity index (χ0v) is 12.0. The molecule has 0 bridgehead atoms. The number of nitrogens with zero attached hydrogens (tertiary/aromatic N) is 1. The molecule has 0 aliphatic carbocycles. The monoisotopic (exact) mass is 307 g/mol. The highest BCUT2D eigenvalue weighted by Gasteiger charge is 2.22. The summed E-state index contributed by atoms with van der Waals surface area (Å²) in [5.41, 5.74) is 0.480. The number of carboxylic acids is 1. The number of carboxylic acid groups (broad SMARTS) is 1. The van der Waals surface area contributed by atoms with Crippen molar-refractivity contribution in [2.24, 2.45) is 0 Å². The van der Waals surface area contributed by atoms with Crippen LogP contribution >= 0.6 is 0 Å². The van der Waals surface area contributed by atoms with Gasteiger partial charge >= 0.3 is 5.97 Å². The summed E-state index contributed by atoms with van der Waals surface area (Å²) in [4.78, 5) is 33.3. The minimum absolute atomic E-state index is 0.0356. The van der Waals surface area contributed by atoms with Crippen LogP contribution in [-0.2, 0) is 9.59 Å². The van der Waals surface area contributed by atoms with Gasteiger partial charge in [0.1, 0.15) is 11.7 Å². The number of nitrogens with one attached hydrogen (secondary N) is 2. The Kier molecular flexibility index (Phi) is 6.21. The van der Waals surface area contributed by atoms with Crippen molar-refractivity contribution in [3.8, 4) is 0 Å². The van der Waals surface area contributed by atoms with Gasteiger partial charge < -0.3 is 15.7 Å². The number of benzene rings is 1. The Hall–Kier alpha value is -2.74. The second-order valence-corrected chi connectivity index (χ2v) is 4.62. The summed E-state index contributed by atoms with van der Waals surface area (Å²) in [7, 11) is 0. The normalized spacial score (nSPS) is 11.5. The van der Waals surface area contributed by atoms with Crippen LogP contribution in [0.3, 0.4) is 0 Å². The first-order valence-electron chi connectivity index (χ1n) is 6.47. The molecule has 0 saturated heterocycles. The number of nitro benzene ring substituents is 1. The highest BCUT2D eigenvalue weighted by molar-refractivity contribution is 5.95. The maximum Gasteiger partial charge on any atom is 0.321 e. The van der Waals surface area contributed by atoms with Gasteiger partial charge in [0.25, 0.3) is 5.69 Å². The third kappa shape index (κ3) is 4.98. The lowest BCUT2D eigenvalue weighted by molar-refractivity contribution is -0.384. The van der Waals surface area contributed by atoms with Crippen molar-refractivity contribution in [3.63, 3.8) is 0 Å². The van der Waals surface area contributed by atoms with E-state index in [4.69, 9.17) is 5.11 Å². The number of carbonyl (C=O) groups is 2. The average Bonchev–Trinajstić information content (AvgIpc) is 2.44. The van der Waals surface area contributed by atoms with E-state index < -0.39 is 22.8 Å². The van der Waals surface area contributed by atoms with Crippen LogP contribution in [0.4, 0.5) is 11.4 Å². The molecule has 0 saturated carbocycles. The first kappa shape index (κ1) is 17.3. The smallest absolute Gasteiger partial charge is 0.321 e. The highest BCUT2D eigenvalue weighted by atomic mass is 16.6. The maximum atomic E-state index is 11.9. The molecule has 8 nitrogen and oxygen atoms in total. The number of amides is 1. The van der Waals surface area contributed by atoms with E-state index in [1.54, 1.807) is 13.0 Å². The lowest BCUT2D eigenvalue weighted by atomic mass is 10.1. The molecule has 0 radical (unpaired) electrons. The Labute approximate surface area is 127 Å². The fourth-order valence-corrected chi connectivity index (χ4v) is 1.76. The molecule has 8 heteroatoms. The maximum absolute atomic E-state index is 11.9. The van der Waals surface area contributed by atoms with E-state index in [9.17, 15) is 19.7 Å². The summed E-state index contributed by atoms with van der Waals surface area (Å²) in [5, 5.41) is 25.0. The zero-order valence-electron chi connectivity index (χ0n) is 12.0.